The molecule has 2 aliphatic rings. The van der Waals surface area contributed by atoms with Crippen molar-refractivity contribution in [3.63, 3.8) is 0 Å². The summed E-state index contributed by atoms with van der Waals surface area (Å²) in [6, 6.07) is 11.0. The number of nitrogens with one attached hydrogen (secondary N) is 1. The average Bonchev–Trinajstić information content (AvgIpc) is 3.54. The van der Waals surface area contributed by atoms with E-state index in [-0.39, 0.29) is 23.7 Å². The number of aliphatic hydroxyl groups is 1. The number of carbonyl (C=O) groups is 1. The number of ether oxygens (including phenoxy) is 1. The monoisotopic (exact) mass is 518 g/mol. The summed E-state index contributed by atoms with van der Waals surface area (Å²) >= 11 is 0. The molecule has 38 heavy (non-hydrogen) atoms. The van der Waals surface area contributed by atoms with Gasteiger partial charge in [-0.3, -0.25) is 4.79 Å². The maximum atomic E-state index is 15.2. The molecule has 0 spiro atoms. The maximum Gasteiger partial charge on any atom is 0.307 e. The number of carboxylic acids is 1. The van der Waals surface area contributed by atoms with Crippen LogP contribution in [0.5, 0.6) is 5.75 Å². The number of aryl methyl sites for hydroxylation is 2. The summed E-state index contributed by atoms with van der Waals surface area (Å²) in [6.45, 7) is 8.06. The number of hydrogen-bond acceptors (Lipinski definition) is 5. The number of hydrogen-bond donors (Lipinski definition) is 3. The first kappa shape index (κ1) is 26.2. The predicted molar refractivity (Wildman–Crippen MR) is 145 cm³/mol. The van der Waals surface area contributed by atoms with Crippen molar-refractivity contribution in [2.24, 2.45) is 5.92 Å². The van der Waals surface area contributed by atoms with Crippen molar-refractivity contribution in [3.05, 3.63) is 76.2 Å². The number of benzene rings is 2. The molecule has 5 rings (SSSR count). The normalized spacial score (nSPS) is 20.2. The van der Waals surface area contributed by atoms with Crippen LogP contribution in [0.4, 0.5) is 10.2 Å². The average molecular weight is 519 g/mol. The lowest BCUT2D eigenvalue weighted by Gasteiger charge is -2.20. The van der Waals surface area contributed by atoms with Crippen molar-refractivity contribution in [2.45, 2.75) is 70.9 Å². The molecule has 0 amide bonds. The summed E-state index contributed by atoms with van der Waals surface area (Å²) in [5, 5.41) is 22.5. The SMILES string of the molecule is Cc1cc(OCCC(C)(C)O)cc(C)c1-c1ccc(F)c2c1CC[C@H]2Nc1ccc([C@@H]2CC2C(=O)O)cn1. The van der Waals surface area contributed by atoms with Gasteiger partial charge in [-0.05, 0) is 111 Å². The zero-order valence-corrected chi connectivity index (χ0v) is 22.3. The number of pyridine rings is 1. The van der Waals surface area contributed by atoms with Crippen LogP contribution >= 0.6 is 0 Å². The van der Waals surface area contributed by atoms with Crippen LogP contribution in [-0.4, -0.2) is 33.4 Å². The van der Waals surface area contributed by atoms with Gasteiger partial charge >= 0.3 is 5.97 Å². The second kappa shape index (κ2) is 10.0. The molecule has 3 N–H and O–H groups in total. The van der Waals surface area contributed by atoms with Gasteiger partial charge < -0.3 is 20.3 Å². The van der Waals surface area contributed by atoms with E-state index in [1.165, 1.54) is 0 Å². The van der Waals surface area contributed by atoms with E-state index >= 15 is 4.39 Å². The van der Waals surface area contributed by atoms with Crippen molar-refractivity contribution < 1.29 is 24.1 Å². The summed E-state index contributed by atoms with van der Waals surface area (Å²) < 4.78 is 21.1. The highest BCUT2D eigenvalue weighted by Gasteiger charge is 2.44. The first-order valence-electron chi connectivity index (χ1n) is 13.2. The lowest BCUT2D eigenvalue weighted by atomic mass is 9.90. The van der Waals surface area contributed by atoms with E-state index in [4.69, 9.17) is 4.74 Å². The molecule has 0 saturated heterocycles. The van der Waals surface area contributed by atoms with Gasteiger partial charge in [0.25, 0.3) is 0 Å². The Morgan fingerprint density at radius 2 is 1.92 bits per heavy atom. The van der Waals surface area contributed by atoms with Crippen LogP contribution in [0.3, 0.4) is 0 Å². The number of carboxylic acid groups (broad SMARTS) is 1. The van der Waals surface area contributed by atoms with Crippen molar-refractivity contribution in [1.82, 2.24) is 4.98 Å². The molecule has 3 aromatic rings. The van der Waals surface area contributed by atoms with E-state index in [1.807, 2.05) is 44.2 Å². The highest BCUT2D eigenvalue weighted by atomic mass is 19.1. The van der Waals surface area contributed by atoms with Gasteiger partial charge in [-0.1, -0.05) is 12.1 Å². The van der Waals surface area contributed by atoms with Gasteiger partial charge in [0.15, 0.2) is 0 Å². The largest absolute Gasteiger partial charge is 0.493 e. The van der Waals surface area contributed by atoms with Crippen LogP contribution in [0.2, 0.25) is 0 Å². The molecule has 2 aliphatic carbocycles. The Morgan fingerprint density at radius 1 is 1.18 bits per heavy atom. The third-order valence-corrected chi connectivity index (χ3v) is 7.74. The Balaban J connectivity index is 1.36. The minimum Gasteiger partial charge on any atom is -0.493 e. The molecular weight excluding hydrogens is 483 g/mol. The number of rotatable bonds is 9. The predicted octanol–water partition coefficient (Wildman–Crippen LogP) is 6.33. The fourth-order valence-electron chi connectivity index (χ4n) is 5.67. The summed E-state index contributed by atoms with van der Waals surface area (Å²) in [5.41, 5.74) is 6.12. The van der Waals surface area contributed by atoms with Crippen molar-refractivity contribution >= 4 is 11.8 Å². The third kappa shape index (κ3) is 5.39. The van der Waals surface area contributed by atoms with Gasteiger partial charge in [0.2, 0.25) is 0 Å². The molecule has 3 atom stereocenters. The van der Waals surface area contributed by atoms with Gasteiger partial charge in [-0.2, -0.15) is 0 Å². The maximum absolute atomic E-state index is 15.2. The highest BCUT2D eigenvalue weighted by Crippen LogP contribution is 2.48. The van der Waals surface area contributed by atoms with Crippen LogP contribution in [0.15, 0.2) is 42.6 Å². The molecule has 1 aromatic heterocycles. The number of fused-ring (bicyclic) bond motifs is 1. The summed E-state index contributed by atoms with van der Waals surface area (Å²) in [7, 11) is 0. The highest BCUT2D eigenvalue weighted by molar-refractivity contribution is 5.77. The van der Waals surface area contributed by atoms with E-state index in [2.05, 4.69) is 10.3 Å². The molecule has 1 fully saturated rings. The molecule has 1 saturated carbocycles. The first-order chi connectivity index (χ1) is 18.0. The summed E-state index contributed by atoms with van der Waals surface area (Å²) in [6.07, 6.45) is 4.43. The van der Waals surface area contributed by atoms with E-state index < -0.39 is 11.6 Å². The quantitative estimate of drug-likeness (QED) is 0.307. The molecule has 0 aliphatic heterocycles. The zero-order valence-electron chi connectivity index (χ0n) is 22.3. The lowest BCUT2D eigenvalue weighted by Crippen LogP contribution is -2.21. The van der Waals surface area contributed by atoms with Crippen molar-refractivity contribution in [3.8, 4) is 16.9 Å². The number of halogens is 1. The molecular formula is C31H35FN2O4. The fraction of sp³-hybridized carbons (Fsp3) is 0.419. The van der Waals surface area contributed by atoms with Gasteiger partial charge in [-0.25, -0.2) is 9.37 Å². The van der Waals surface area contributed by atoms with E-state index in [0.29, 0.717) is 30.8 Å². The van der Waals surface area contributed by atoms with E-state index in [9.17, 15) is 15.0 Å². The Morgan fingerprint density at radius 3 is 2.53 bits per heavy atom. The van der Waals surface area contributed by atoms with Gasteiger partial charge in [0.05, 0.1) is 24.2 Å². The number of aliphatic carboxylic acids is 1. The van der Waals surface area contributed by atoms with Gasteiger partial charge in [-0.15, -0.1) is 0 Å². The second-order valence-corrected chi connectivity index (χ2v) is 11.3. The molecule has 0 radical (unpaired) electrons. The first-order valence-corrected chi connectivity index (χ1v) is 13.2. The number of nitrogens with zero attached hydrogens (tertiary/aromatic N) is 1. The molecule has 1 heterocycles. The minimum atomic E-state index is -0.776. The smallest absolute Gasteiger partial charge is 0.307 e. The van der Waals surface area contributed by atoms with Crippen molar-refractivity contribution in [2.75, 3.05) is 11.9 Å². The standard InChI is InChI=1S/C31H35FN2O4/c1-17-13-20(38-12-11-31(3,4)37)14-18(2)28(17)21-6-8-25(32)29-22(21)7-9-26(29)34-27-10-5-19(16-33-27)23-15-24(23)30(35)36/h5-6,8,10,13-14,16,23-24,26,37H,7,9,11-12,15H2,1-4H3,(H,33,34)(H,35,36)/t23-,24?,26+/m0/s1. The fourth-order valence-corrected chi connectivity index (χ4v) is 5.67. The van der Waals surface area contributed by atoms with Crippen LogP contribution < -0.4 is 10.1 Å². The summed E-state index contributed by atoms with van der Waals surface area (Å²) in [5.74, 6) is 0.158. The van der Waals surface area contributed by atoms with Gasteiger partial charge in [0, 0.05) is 18.2 Å². The second-order valence-electron chi connectivity index (χ2n) is 11.3. The van der Waals surface area contributed by atoms with E-state index in [1.54, 1.807) is 26.1 Å². The molecule has 7 heteroatoms. The molecule has 2 aromatic carbocycles. The van der Waals surface area contributed by atoms with Crippen molar-refractivity contribution in [1.29, 1.82) is 0 Å². The third-order valence-electron chi connectivity index (χ3n) is 7.74. The Hall–Kier alpha value is -3.45. The Bertz CT molecular complexity index is 1340. The lowest BCUT2D eigenvalue weighted by molar-refractivity contribution is -0.138. The summed E-state index contributed by atoms with van der Waals surface area (Å²) in [4.78, 5) is 15.7. The Kier molecular flexibility index (Phi) is 6.90. The number of anilines is 1. The van der Waals surface area contributed by atoms with E-state index in [0.717, 1.165) is 52.0 Å². The van der Waals surface area contributed by atoms with Crippen LogP contribution in [0, 0.1) is 25.6 Å². The molecule has 200 valence electrons. The number of aromatic nitrogens is 1. The van der Waals surface area contributed by atoms with Gasteiger partial charge in [0.1, 0.15) is 17.4 Å². The molecule has 6 nitrogen and oxygen atoms in total. The molecule has 0 bridgehead atoms. The van der Waals surface area contributed by atoms with Crippen LogP contribution in [0.25, 0.3) is 11.1 Å². The zero-order chi connectivity index (χ0) is 27.2. The van der Waals surface area contributed by atoms with Crippen LogP contribution in [-0.2, 0) is 11.2 Å². The minimum absolute atomic E-state index is 0.0334. The van der Waals surface area contributed by atoms with Crippen LogP contribution in [0.1, 0.15) is 72.9 Å². The topological polar surface area (TPSA) is 91.7 Å². The Labute approximate surface area is 222 Å². The molecule has 1 unspecified atom stereocenters.